The van der Waals surface area contributed by atoms with Gasteiger partial charge in [0.15, 0.2) is 5.69 Å². The Labute approximate surface area is 118 Å². The van der Waals surface area contributed by atoms with Crippen molar-refractivity contribution in [1.82, 2.24) is 9.97 Å². The number of benzene rings is 1. The first-order valence-electron chi connectivity index (χ1n) is 5.44. The second-order valence-corrected chi connectivity index (χ2v) is 4.62. The lowest BCUT2D eigenvalue weighted by atomic mass is 10.2. The number of rotatable bonds is 3. The average molecular weight is 323 g/mol. The minimum Gasteiger partial charge on any atom is -0.464 e. The molecule has 1 aromatic heterocycles. The number of halogens is 1. The second-order valence-electron chi connectivity index (χ2n) is 3.77. The Morgan fingerprint density at radius 3 is 2.63 bits per heavy atom. The Morgan fingerprint density at radius 2 is 2.05 bits per heavy atom. The van der Waals surface area contributed by atoms with Gasteiger partial charge in [-0.05, 0) is 40.5 Å². The van der Waals surface area contributed by atoms with E-state index in [9.17, 15) is 4.79 Å². The summed E-state index contributed by atoms with van der Waals surface area (Å²) in [4.78, 5) is 19.1. The normalized spacial score (nSPS) is 10.1. The van der Waals surface area contributed by atoms with Gasteiger partial charge in [-0.1, -0.05) is 6.07 Å². The van der Waals surface area contributed by atoms with E-state index in [-0.39, 0.29) is 5.69 Å². The minimum absolute atomic E-state index is 0.137. The highest BCUT2D eigenvalue weighted by atomic mass is 79.9. The molecule has 1 heterocycles. The third kappa shape index (κ3) is 3.29. The van der Waals surface area contributed by atoms with E-state index < -0.39 is 5.97 Å². The molecular formula is C13H11BrN2O3. The van der Waals surface area contributed by atoms with Gasteiger partial charge in [0.1, 0.15) is 5.75 Å². The number of carbonyl (C=O) groups excluding carboxylic acids is 1. The van der Waals surface area contributed by atoms with Crippen LogP contribution in [0.15, 0.2) is 35.1 Å². The molecule has 0 N–H and O–H groups in total. The zero-order valence-corrected chi connectivity index (χ0v) is 12.0. The summed E-state index contributed by atoms with van der Waals surface area (Å²) in [5, 5.41) is 0. The molecule has 0 atom stereocenters. The number of aromatic nitrogens is 2. The SMILES string of the molecule is COC(=O)c1cnc(Oc2ccc(C)cc2Br)cn1. The van der Waals surface area contributed by atoms with Gasteiger partial charge in [0.25, 0.3) is 0 Å². The second kappa shape index (κ2) is 5.79. The molecule has 1 aromatic carbocycles. The zero-order valence-electron chi connectivity index (χ0n) is 10.4. The standard InChI is InChI=1S/C13H11BrN2O3/c1-8-3-4-11(9(14)5-8)19-12-7-15-10(6-16-12)13(17)18-2/h3-7H,1-2H3. The number of nitrogens with zero attached hydrogens (tertiary/aromatic N) is 2. The van der Waals surface area contributed by atoms with Crippen molar-refractivity contribution < 1.29 is 14.3 Å². The van der Waals surface area contributed by atoms with E-state index in [0.717, 1.165) is 10.0 Å². The van der Waals surface area contributed by atoms with E-state index in [4.69, 9.17) is 4.74 Å². The Morgan fingerprint density at radius 1 is 1.26 bits per heavy atom. The molecule has 0 radical (unpaired) electrons. The molecule has 19 heavy (non-hydrogen) atoms. The molecule has 0 aliphatic carbocycles. The van der Waals surface area contributed by atoms with Crippen LogP contribution in [-0.4, -0.2) is 23.0 Å². The van der Waals surface area contributed by atoms with Crippen LogP contribution in [0.25, 0.3) is 0 Å². The minimum atomic E-state index is -0.532. The highest BCUT2D eigenvalue weighted by molar-refractivity contribution is 9.10. The number of esters is 1. The number of hydrogen-bond donors (Lipinski definition) is 0. The third-order valence-corrected chi connectivity index (χ3v) is 2.94. The van der Waals surface area contributed by atoms with E-state index in [1.54, 1.807) is 0 Å². The summed E-state index contributed by atoms with van der Waals surface area (Å²) in [6.07, 6.45) is 2.68. The van der Waals surface area contributed by atoms with Gasteiger partial charge in [0.05, 0.1) is 24.0 Å². The van der Waals surface area contributed by atoms with Crippen molar-refractivity contribution >= 4 is 21.9 Å². The fourth-order valence-electron chi connectivity index (χ4n) is 1.38. The highest BCUT2D eigenvalue weighted by Crippen LogP contribution is 2.29. The van der Waals surface area contributed by atoms with E-state index in [1.807, 2.05) is 25.1 Å². The van der Waals surface area contributed by atoms with Gasteiger partial charge in [0.2, 0.25) is 5.88 Å². The molecule has 0 saturated heterocycles. The summed E-state index contributed by atoms with van der Waals surface area (Å²) in [6.45, 7) is 1.99. The molecule has 98 valence electrons. The molecule has 5 nitrogen and oxygen atoms in total. The van der Waals surface area contributed by atoms with Crippen molar-refractivity contribution in [3.05, 3.63) is 46.3 Å². The van der Waals surface area contributed by atoms with Crippen molar-refractivity contribution in [2.75, 3.05) is 7.11 Å². The Bertz CT molecular complexity index is 599. The Kier molecular flexibility index (Phi) is 4.11. The first kappa shape index (κ1) is 13.5. The fourth-order valence-corrected chi connectivity index (χ4v) is 1.95. The molecule has 0 aliphatic heterocycles. The van der Waals surface area contributed by atoms with Crippen LogP contribution in [0.2, 0.25) is 0 Å². The van der Waals surface area contributed by atoms with Crippen LogP contribution in [-0.2, 0) is 4.74 Å². The van der Waals surface area contributed by atoms with E-state index in [2.05, 4.69) is 30.6 Å². The van der Waals surface area contributed by atoms with Gasteiger partial charge in [-0.25, -0.2) is 14.8 Å². The van der Waals surface area contributed by atoms with Crippen LogP contribution in [0.3, 0.4) is 0 Å². The largest absolute Gasteiger partial charge is 0.464 e. The van der Waals surface area contributed by atoms with Crippen LogP contribution < -0.4 is 4.74 Å². The maximum atomic E-state index is 11.2. The van der Waals surface area contributed by atoms with Gasteiger partial charge < -0.3 is 9.47 Å². The molecule has 6 heteroatoms. The molecule has 0 spiro atoms. The Balaban J connectivity index is 2.17. The van der Waals surface area contributed by atoms with Crippen molar-refractivity contribution in [3.8, 4) is 11.6 Å². The van der Waals surface area contributed by atoms with Gasteiger partial charge in [0, 0.05) is 0 Å². The average Bonchev–Trinajstić information content (AvgIpc) is 2.42. The molecule has 2 aromatic rings. The number of methoxy groups -OCH3 is 1. The third-order valence-electron chi connectivity index (χ3n) is 2.32. The molecule has 0 fully saturated rings. The van der Waals surface area contributed by atoms with Crippen molar-refractivity contribution in [3.63, 3.8) is 0 Å². The fraction of sp³-hybridized carbons (Fsp3) is 0.154. The van der Waals surface area contributed by atoms with Gasteiger partial charge in [-0.15, -0.1) is 0 Å². The maximum Gasteiger partial charge on any atom is 0.358 e. The van der Waals surface area contributed by atoms with Crippen LogP contribution >= 0.6 is 15.9 Å². The highest BCUT2D eigenvalue weighted by Gasteiger charge is 2.09. The van der Waals surface area contributed by atoms with Crippen LogP contribution in [0.1, 0.15) is 16.1 Å². The molecule has 0 unspecified atom stereocenters. The number of ether oxygens (including phenoxy) is 2. The van der Waals surface area contributed by atoms with Gasteiger partial charge in [-0.3, -0.25) is 0 Å². The summed E-state index contributed by atoms with van der Waals surface area (Å²) in [6, 6.07) is 5.69. The summed E-state index contributed by atoms with van der Waals surface area (Å²) in [7, 11) is 1.29. The summed E-state index contributed by atoms with van der Waals surface area (Å²) in [5.41, 5.74) is 1.25. The topological polar surface area (TPSA) is 61.3 Å². The molecule has 2 rings (SSSR count). The number of aryl methyl sites for hydroxylation is 1. The lowest BCUT2D eigenvalue weighted by Gasteiger charge is -2.07. The first-order valence-corrected chi connectivity index (χ1v) is 6.24. The van der Waals surface area contributed by atoms with Crippen molar-refractivity contribution in [2.45, 2.75) is 6.92 Å². The van der Waals surface area contributed by atoms with Gasteiger partial charge in [-0.2, -0.15) is 0 Å². The molecule has 0 bridgehead atoms. The van der Waals surface area contributed by atoms with Gasteiger partial charge >= 0.3 is 5.97 Å². The smallest absolute Gasteiger partial charge is 0.358 e. The Hall–Kier alpha value is -1.95. The number of hydrogen-bond acceptors (Lipinski definition) is 5. The molecule has 0 saturated carbocycles. The predicted molar refractivity (Wildman–Crippen MR) is 72.3 cm³/mol. The summed E-state index contributed by atoms with van der Waals surface area (Å²) >= 11 is 3.41. The molecule has 0 amide bonds. The summed E-state index contributed by atoms with van der Waals surface area (Å²) in [5.74, 6) is 0.401. The monoisotopic (exact) mass is 322 g/mol. The zero-order chi connectivity index (χ0) is 13.8. The van der Waals surface area contributed by atoms with E-state index >= 15 is 0 Å². The van der Waals surface area contributed by atoms with Crippen molar-refractivity contribution in [1.29, 1.82) is 0 Å². The first-order chi connectivity index (χ1) is 9.10. The van der Waals surface area contributed by atoms with Crippen LogP contribution in [0, 0.1) is 6.92 Å². The van der Waals surface area contributed by atoms with Crippen LogP contribution in [0.4, 0.5) is 0 Å². The lowest BCUT2D eigenvalue weighted by Crippen LogP contribution is -2.04. The van der Waals surface area contributed by atoms with Crippen LogP contribution in [0.5, 0.6) is 11.6 Å². The predicted octanol–water partition coefficient (Wildman–Crippen LogP) is 3.13. The summed E-state index contributed by atoms with van der Waals surface area (Å²) < 4.78 is 10.9. The quantitative estimate of drug-likeness (QED) is 0.812. The van der Waals surface area contributed by atoms with E-state index in [0.29, 0.717) is 11.6 Å². The maximum absolute atomic E-state index is 11.2. The molecule has 0 aliphatic rings. The van der Waals surface area contributed by atoms with E-state index in [1.165, 1.54) is 19.5 Å². The number of carbonyl (C=O) groups is 1. The lowest BCUT2D eigenvalue weighted by molar-refractivity contribution is 0.0593. The van der Waals surface area contributed by atoms with Crippen molar-refractivity contribution in [2.24, 2.45) is 0 Å². The molecular weight excluding hydrogens is 312 g/mol.